The van der Waals surface area contributed by atoms with Crippen LogP contribution in [0.4, 0.5) is 4.79 Å². The van der Waals surface area contributed by atoms with Crippen LogP contribution in [0.3, 0.4) is 0 Å². The van der Waals surface area contributed by atoms with Crippen molar-refractivity contribution < 1.29 is 19.1 Å². The molecule has 0 aromatic carbocycles. The van der Waals surface area contributed by atoms with E-state index in [1.54, 1.807) is 18.7 Å². The quantitative estimate of drug-likeness (QED) is 0.709. The lowest BCUT2D eigenvalue weighted by Gasteiger charge is -2.29. The van der Waals surface area contributed by atoms with Crippen molar-refractivity contribution >= 4 is 12.0 Å². The number of rotatable bonds is 7. The Morgan fingerprint density at radius 2 is 2.00 bits per heavy atom. The molecule has 0 spiro atoms. The molecule has 1 rings (SSSR count). The molecule has 1 fully saturated rings. The molecule has 0 atom stereocenters. The first kappa shape index (κ1) is 16.7. The molecule has 0 bridgehead atoms. The van der Waals surface area contributed by atoms with Crippen LogP contribution in [0.2, 0.25) is 0 Å². The first-order chi connectivity index (χ1) is 9.63. The summed E-state index contributed by atoms with van der Waals surface area (Å²) in [5, 5.41) is 2.62. The number of amides is 2. The Morgan fingerprint density at radius 3 is 2.60 bits per heavy atom. The first-order valence-electron chi connectivity index (χ1n) is 7.09. The van der Waals surface area contributed by atoms with Crippen molar-refractivity contribution in [1.82, 2.24) is 15.1 Å². The van der Waals surface area contributed by atoms with Gasteiger partial charge in [-0.2, -0.15) is 0 Å². The average Bonchev–Trinajstić information content (AvgIpc) is 2.43. The molecule has 1 N–H and O–H groups in total. The van der Waals surface area contributed by atoms with Gasteiger partial charge < -0.3 is 19.7 Å². The smallest absolute Gasteiger partial charge is 0.407 e. The van der Waals surface area contributed by atoms with Gasteiger partial charge in [0.1, 0.15) is 0 Å². The fraction of sp³-hybridized carbons (Fsp3) is 0.846. The highest BCUT2D eigenvalue weighted by Crippen LogP contribution is 1.98. The molecule has 20 heavy (non-hydrogen) atoms. The third-order valence-electron chi connectivity index (χ3n) is 3.16. The van der Waals surface area contributed by atoms with E-state index in [1.165, 1.54) is 0 Å². The normalized spacial score (nSPS) is 15.7. The number of morpholine rings is 1. The largest absolute Gasteiger partial charge is 0.450 e. The van der Waals surface area contributed by atoms with Gasteiger partial charge in [-0.15, -0.1) is 0 Å². The van der Waals surface area contributed by atoms with Crippen molar-refractivity contribution in [2.45, 2.75) is 13.8 Å². The molecule has 116 valence electrons. The Kier molecular flexibility index (Phi) is 7.98. The number of nitrogens with zero attached hydrogens (tertiary/aromatic N) is 2. The van der Waals surface area contributed by atoms with E-state index in [0.29, 0.717) is 26.2 Å². The van der Waals surface area contributed by atoms with Crippen molar-refractivity contribution in [1.29, 1.82) is 0 Å². The molecule has 0 unspecified atom stereocenters. The van der Waals surface area contributed by atoms with E-state index in [4.69, 9.17) is 9.47 Å². The van der Waals surface area contributed by atoms with Gasteiger partial charge in [-0.25, -0.2) is 4.79 Å². The maximum atomic E-state index is 11.6. The lowest BCUT2D eigenvalue weighted by molar-refractivity contribution is -0.129. The van der Waals surface area contributed by atoms with Crippen LogP contribution in [0, 0.1) is 0 Å². The predicted octanol–water partition coefficient (Wildman–Crippen LogP) is -0.0868. The topological polar surface area (TPSA) is 71.1 Å². The second-order valence-electron chi connectivity index (χ2n) is 4.61. The fourth-order valence-corrected chi connectivity index (χ4v) is 1.99. The lowest BCUT2D eigenvalue weighted by atomic mass is 10.3. The molecule has 0 aromatic heterocycles. The molecule has 0 aliphatic carbocycles. The Hall–Kier alpha value is -1.34. The highest BCUT2D eigenvalue weighted by atomic mass is 16.5. The van der Waals surface area contributed by atoms with Gasteiger partial charge in [-0.3, -0.25) is 9.69 Å². The summed E-state index contributed by atoms with van der Waals surface area (Å²) in [5.41, 5.74) is 0. The van der Waals surface area contributed by atoms with Crippen LogP contribution in [0.1, 0.15) is 13.8 Å². The van der Waals surface area contributed by atoms with Gasteiger partial charge in [0, 0.05) is 46.2 Å². The minimum absolute atomic E-state index is 0.0175. The summed E-state index contributed by atoms with van der Waals surface area (Å²) in [5.74, 6) is 0.0175. The van der Waals surface area contributed by atoms with Crippen molar-refractivity contribution in [3.8, 4) is 0 Å². The molecule has 1 heterocycles. The Bertz CT molecular complexity index is 306. The summed E-state index contributed by atoms with van der Waals surface area (Å²) < 4.78 is 10.0. The van der Waals surface area contributed by atoms with Gasteiger partial charge in [-0.05, 0) is 6.92 Å². The van der Waals surface area contributed by atoms with Crippen LogP contribution < -0.4 is 5.32 Å². The zero-order valence-corrected chi connectivity index (χ0v) is 12.4. The molecule has 7 heteroatoms. The van der Waals surface area contributed by atoms with E-state index in [0.717, 1.165) is 32.8 Å². The van der Waals surface area contributed by atoms with E-state index in [9.17, 15) is 9.59 Å². The number of alkyl carbamates (subject to hydrolysis) is 1. The van der Waals surface area contributed by atoms with Crippen LogP contribution >= 0.6 is 0 Å². The summed E-state index contributed by atoms with van der Waals surface area (Å²) >= 11 is 0. The molecule has 2 amide bonds. The lowest BCUT2D eigenvalue weighted by Crippen LogP contribution is -2.44. The van der Waals surface area contributed by atoms with Crippen molar-refractivity contribution in [3.63, 3.8) is 0 Å². The van der Waals surface area contributed by atoms with Crippen LogP contribution in [-0.4, -0.2) is 80.9 Å². The highest BCUT2D eigenvalue weighted by Gasteiger charge is 2.14. The van der Waals surface area contributed by atoms with Gasteiger partial charge in [-0.1, -0.05) is 0 Å². The number of ether oxygens (including phenoxy) is 2. The molecule has 1 aliphatic heterocycles. The van der Waals surface area contributed by atoms with E-state index in [2.05, 4.69) is 10.2 Å². The van der Waals surface area contributed by atoms with E-state index >= 15 is 0 Å². The summed E-state index contributed by atoms with van der Waals surface area (Å²) in [6, 6.07) is 0. The summed E-state index contributed by atoms with van der Waals surface area (Å²) in [4.78, 5) is 26.7. The number of nitrogens with one attached hydrogen (secondary N) is 1. The summed E-state index contributed by atoms with van der Waals surface area (Å²) in [6.07, 6.45) is -0.441. The zero-order chi connectivity index (χ0) is 14.8. The molecule has 0 aromatic rings. The number of carbonyl (C=O) groups excluding carboxylic acids is 2. The summed E-state index contributed by atoms with van der Waals surface area (Å²) in [7, 11) is 0. The number of carbonyl (C=O) groups is 2. The predicted molar refractivity (Wildman–Crippen MR) is 74.5 cm³/mol. The van der Waals surface area contributed by atoms with Crippen LogP contribution in [0.15, 0.2) is 0 Å². The second kappa shape index (κ2) is 9.55. The zero-order valence-electron chi connectivity index (χ0n) is 12.4. The van der Waals surface area contributed by atoms with Crippen molar-refractivity contribution in [2.24, 2.45) is 0 Å². The molecular formula is C13H25N3O4. The summed E-state index contributed by atoms with van der Waals surface area (Å²) in [6.45, 7) is 9.38. The van der Waals surface area contributed by atoms with E-state index < -0.39 is 6.09 Å². The Morgan fingerprint density at radius 1 is 1.30 bits per heavy atom. The van der Waals surface area contributed by atoms with Crippen LogP contribution in [0.25, 0.3) is 0 Å². The minimum Gasteiger partial charge on any atom is -0.450 e. The van der Waals surface area contributed by atoms with E-state index in [-0.39, 0.29) is 5.91 Å². The van der Waals surface area contributed by atoms with Gasteiger partial charge in [0.05, 0.1) is 19.8 Å². The van der Waals surface area contributed by atoms with Gasteiger partial charge >= 0.3 is 6.09 Å². The standard InChI is InChI=1S/C13H25N3O4/c1-3-20-13(18)14-4-5-16(12(2)17)7-6-15-8-10-19-11-9-15/h3-11H2,1-2H3,(H,14,18). The molecular weight excluding hydrogens is 262 g/mol. The molecule has 1 saturated heterocycles. The second-order valence-corrected chi connectivity index (χ2v) is 4.61. The Labute approximate surface area is 120 Å². The Balaban J connectivity index is 2.22. The molecule has 0 radical (unpaired) electrons. The number of hydrogen-bond donors (Lipinski definition) is 1. The first-order valence-corrected chi connectivity index (χ1v) is 7.09. The molecule has 7 nitrogen and oxygen atoms in total. The van der Waals surface area contributed by atoms with Crippen molar-refractivity contribution in [3.05, 3.63) is 0 Å². The van der Waals surface area contributed by atoms with Crippen molar-refractivity contribution in [2.75, 3.05) is 59.1 Å². The monoisotopic (exact) mass is 287 g/mol. The van der Waals surface area contributed by atoms with Gasteiger partial charge in [0.15, 0.2) is 0 Å². The third kappa shape index (κ3) is 6.72. The van der Waals surface area contributed by atoms with Gasteiger partial charge in [0.2, 0.25) is 5.91 Å². The maximum absolute atomic E-state index is 11.6. The fourth-order valence-electron chi connectivity index (χ4n) is 1.99. The van der Waals surface area contributed by atoms with Gasteiger partial charge in [0.25, 0.3) is 0 Å². The maximum Gasteiger partial charge on any atom is 0.407 e. The minimum atomic E-state index is -0.441. The SMILES string of the molecule is CCOC(=O)NCCN(CCN1CCOCC1)C(C)=O. The van der Waals surface area contributed by atoms with E-state index in [1.807, 2.05) is 0 Å². The van der Waals surface area contributed by atoms with Crippen LogP contribution in [0.5, 0.6) is 0 Å². The average molecular weight is 287 g/mol. The molecule has 1 aliphatic rings. The molecule has 0 saturated carbocycles. The third-order valence-corrected chi connectivity index (χ3v) is 3.16. The van der Waals surface area contributed by atoms with Crippen LogP contribution in [-0.2, 0) is 14.3 Å². The highest BCUT2D eigenvalue weighted by molar-refractivity contribution is 5.73. The number of hydrogen-bond acceptors (Lipinski definition) is 5.